The lowest BCUT2D eigenvalue weighted by Crippen LogP contribution is -2.29. The van der Waals surface area contributed by atoms with E-state index in [9.17, 15) is 19.5 Å². The number of carbonyl (C=O) groups is 3. The molecule has 0 radical (unpaired) electrons. The minimum Gasteiger partial charge on any atom is -0.545 e. The highest BCUT2D eigenvalue weighted by Gasteiger charge is 2.31. The summed E-state index contributed by atoms with van der Waals surface area (Å²) in [5.41, 5.74) is 2.45. The maximum atomic E-state index is 12.6. The third-order valence-corrected chi connectivity index (χ3v) is 5.79. The molecular weight excluding hydrogens is 420 g/mol. The van der Waals surface area contributed by atoms with Gasteiger partial charge >= 0.3 is 0 Å². The van der Waals surface area contributed by atoms with Crippen LogP contribution < -0.4 is 10.4 Å². The second-order valence-electron chi connectivity index (χ2n) is 6.76. The maximum Gasteiger partial charge on any atom is 0.266 e. The summed E-state index contributed by atoms with van der Waals surface area (Å²) in [5, 5.41) is 13.5. The van der Waals surface area contributed by atoms with Gasteiger partial charge in [0.25, 0.3) is 5.91 Å². The molecule has 2 aromatic carbocycles. The molecule has 3 rings (SSSR count). The van der Waals surface area contributed by atoms with E-state index in [1.807, 2.05) is 37.3 Å². The van der Waals surface area contributed by atoms with E-state index in [-0.39, 0.29) is 23.8 Å². The van der Waals surface area contributed by atoms with E-state index in [1.54, 1.807) is 6.07 Å². The first-order chi connectivity index (χ1) is 14.3. The van der Waals surface area contributed by atoms with Gasteiger partial charge in [0.1, 0.15) is 4.32 Å². The summed E-state index contributed by atoms with van der Waals surface area (Å²) in [6, 6.07) is 13.7. The van der Waals surface area contributed by atoms with Gasteiger partial charge in [-0.15, -0.1) is 0 Å². The first-order valence-electron chi connectivity index (χ1n) is 9.27. The minimum absolute atomic E-state index is 0.00858. The number of amides is 2. The Bertz CT molecular complexity index is 1030. The van der Waals surface area contributed by atoms with Crippen LogP contribution in [0.25, 0.3) is 6.08 Å². The third-order valence-electron chi connectivity index (χ3n) is 4.42. The molecule has 0 aromatic heterocycles. The van der Waals surface area contributed by atoms with E-state index in [4.69, 9.17) is 12.2 Å². The molecule has 1 saturated heterocycles. The predicted octanol–water partition coefficient (Wildman–Crippen LogP) is 2.98. The van der Waals surface area contributed by atoms with Gasteiger partial charge in [0.05, 0.1) is 10.9 Å². The molecule has 0 saturated carbocycles. The molecule has 0 atom stereocenters. The fourth-order valence-electron chi connectivity index (χ4n) is 2.85. The van der Waals surface area contributed by atoms with Gasteiger partial charge in [-0.2, -0.15) is 0 Å². The van der Waals surface area contributed by atoms with Crippen molar-refractivity contribution in [2.75, 3.05) is 11.9 Å². The van der Waals surface area contributed by atoms with Crippen LogP contribution in [-0.4, -0.2) is 33.5 Å². The zero-order chi connectivity index (χ0) is 21.7. The summed E-state index contributed by atoms with van der Waals surface area (Å²) < 4.78 is 0.473. The van der Waals surface area contributed by atoms with Crippen molar-refractivity contribution in [3.8, 4) is 0 Å². The molecule has 1 heterocycles. The van der Waals surface area contributed by atoms with Crippen molar-refractivity contribution in [1.29, 1.82) is 0 Å². The van der Waals surface area contributed by atoms with E-state index in [2.05, 4.69) is 5.32 Å². The number of aryl methyl sites for hydroxylation is 1. The highest BCUT2D eigenvalue weighted by atomic mass is 32.2. The van der Waals surface area contributed by atoms with Crippen molar-refractivity contribution in [2.24, 2.45) is 0 Å². The van der Waals surface area contributed by atoms with Gasteiger partial charge in [0.2, 0.25) is 5.91 Å². The molecule has 30 heavy (non-hydrogen) atoms. The Balaban J connectivity index is 1.53. The van der Waals surface area contributed by atoms with Gasteiger partial charge in [-0.3, -0.25) is 14.5 Å². The van der Waals surface area contributed by atoms with Gasteiger partial charge in [-0.25, -0.2) is 0 Å². The van der Waals surface area contributed by atoms with Gasteiger partial charge in [0.15, 0.2) is 0 Å². The molecule has 6 nitrogen and oxygen atoms in total. The van der Waals surface area contributed by atoms with E-state index in [0.29, 0.717) is 27.9 Å². The summed E-state index contributed by atoms with van der Waals surface area (Å²) in [6.45, 7) is 2.34. The SMILES string of the molecule is Cc1ccc(/C=C2/SC(=S)N(CCCC(=O)Nc3cccc(C(=O)[O-])c3)C2=O)cc1. The Morgan fingerprint density at radius 2 is 1.93 bits per heavy atom. The first kappa shape index (κ1) is 21.7. The van der Waals surface area contributed by atoms with Gasteiger partial charge < -0.3 is 15.2 Å². The van der Waals surface area contributed by atoms with Crippen LogP contribution in [0, 0.1) is 6.92 Å². The van der Waals surface area contributed by atoms with E-state index in [0.717, 1.165) is 11.1 Å². The fourth-order valence-corrected chi connectivity index (χ4v) is 4.16. The average molecular weight is 440 g/mol. The Morgan fingerprint density at radius 1 is 1.20 bits per heavy atom. The minimum atomic E-state index is -1.31. The van der Waals surface area contributed by atoms with Crippen molar-refractivity contribution < 1.29 is 19.5 Å². The van der Waals surface area contributed by atoms with Gasteiger partial charge in [-0.05, 0) is 42.7 Å². The Hall–Kier alpha value is -2.97. The highest BCUT2D eigenvalue weighted by Crippen LogP contribution is 2.32. The normalized spacial score (nSPS) is 15.0. The molecule has 1 fully saturated rings. The number of anilines is 1. The number of carbonyl (C=O) groups excluding carboxylic acids is 3. The Morgan fingerprint density at radius 3 is 2.63 bits per heavy atom. The monoisotopic (exact) mass is 439 g/mol. The molecule has 0 unspecified atom stereocenters. The second kappa shape index (κ2) is 9.69. The molecule has 154 valence electrons. The van der Waals surface area contributed by atoms with Crippen LogP contribution in [0.4, 0.5) is 5.69 Å². The Labute approximate surface area is 184 Å². The van der Waals surface area contributed by atoms with Crippen LogP contribution >= 0.6 is 24.0 Å². The average Bonchev–Trinajstić information content (AvgIpc) is 2.97. The second-order valence-corrected chi connectivity index (χ2v) is 8.44. The molecule has 1 aliphatic heterocycles. The maximum absolute atomic E-state index is 12.6. The zero-order valence-electron chi connectivity index (χ0n) is 16.2. The topological polar surface area (TPSA) is 89.5 Å². The number of carboxylic acids is 1. The van der Waals surface area contributed by atoms with Crippen LogP contribution in [0.1, 0.15) is 34.3 Å². The van der Waals surface area contributed by atoms with Crippen molar-refractivity contribution in [1.82, 2.24) is 4.90 Å². The van der Waals surface area contributed by atoms with Crippen molar-refractivity contribution in [3.63, 3.8) is 0 Å². The number of hydrogen-bond donors (Lipinski definition) is 1. The summed E-state index contributed by atoms with van der Waals surface area (Å²) in [7, 11) is 0. The van der Waals surface area contributed by atoms with Crippen LogP contribution in [0.5, 0.6) is 0 Å². The van der Waals surface area contributed by atoms with Gasteiger partial charge in [-0.1, -0.05) is 65.9 Å². The predicted molar refractivity (Wildman–Crippen MR) is 120 cm³/mol. The van der Waals surface area contributed by atoms with Crippen molar-refractivity contribution >= 4 is 57.8 Å². The molecule has 1 N–H and O–H groups in total. The van der Waals surface area contributed by atoms with Crippen LogP contribution in [0.2, 0.25) is 0 Å². The van der Waals surface area contributed by atoms with E-state index < -0.39 is 5.97 Å². The van der Waals surface area contributed by atoms with E-state index >= 15 is 0 Å². The smallest absolute Gasteiger partial charge is 0.266 e. The van der Waals surface area contributed by atoms with E-state index in [1.165, 1.54) is 34.9 Å². The van der Waals surface area contributed by atoms with Crippen LogP contribution in [-0.2, 0) is 9.59 Å². The number of hydrogen-bond acceptors (Lipinski definition) is 6. The summed E-state index contributed by atoms with van der Waals surface area (Å²) in [4.78, 5) is 37.7. The standard InChI is InChI=1S/C22H20N2O4S2/c1-14-7-9-15(10-8-14)12-18-20(26)24(22(29)30-18)11-3-6-19(25)23-17-5-2-4-16(13-17)21(27)28/h2,4-5,7-10,12-13H,3,6,11H2,1H3,(H,23,25)(H,27,28)/p-1/b18-12+. The Kier molecular flexibility index (Phi) is 7.02. The fraction of sp³-hybridized carbons (Fsp3) is 0.182. The van der Waals surface area contributed by atoms with Crippen molar-refractivity contribution in [2.45, 2.75) is 19.8 Å². The lowest BCUT2D eigenvalue weighted by Gasteiger charge is -2.14. The number of rotatable bonds is 7. The number of thioether (sulfide) groups is 1. The molecule has 1 aliphatic rings. The number of nitrogens with zero attached hydrogens (tertiary/aromatic N) is 1. The van der Waals surface area contributed by atoms with Crippen LogP contribution in [0.15, 0.2) is 53.4 Å². The van der Waals surface area contributed by atoms with Crippen LogP contribution in [0.3, 0.4) is 0 Å². The highest BCUT2D eigenvalue weighted by molar-refractivity contribution is 8.26. The lowest BCUT2D eigenvalue weighted by atomic mass is 10.1. The number of aromatic carboxylic acids is 1. The summed E-state index contributed by atoms with van der Waals surface area (Å²) in [5.74, 6) is -1.74. The molecule has 2 aromatic rings. The van der Waals surface area contributed by atoms with Gasteiger partial charge in [0, 0.05) is 18.7 Å². The summed E-state index contributed by atoms with van der Waals surface area (Å²) >= 11 is 6.57. The molecule has 0 aliphatic carbocycles. The largest absolute Gasteiger partial charge is 0.545 e. The zero-order valence-corrected chi connectivity index (χ0v) is 17.8. The molecular formula is C22H19N2O4S2-. The molecule has 8 heteroatoms. The molecule has 0 bridgehead atoms. The quantitative estimate of drug-likeness (QED) is 0.527. The number of thiocarbonyl (C=S) groups is 1. The number of nitrogens with one attached hydrogen (secondary N) is 1. The lowest BCUT2D eigenvalue weighted by molar-refractivity contribution is -0.255. The third kappa shape index (κ3) is 5.55. The summed E-state index contributed by atoms with van der Waals surface area (Å²) in [6.07, 6.45) is 2.41. The molecule has 2 amide bonds. The van der Waals surface area contributed by atoms with Crippen molar-refractivity contribution in [3.05, 3.63) is 70.1 Å². The number of carboxylic acid groups (broad SMARTS) is 1. The first-order valence-corrected chi connectivity index (χ1v) is 10.5. The molecule has 0 spiro atoms. The number of benzene rings is 2.